The van der Waals surface area contributed by atoms with Gasteiger partial charge < -0.3 is 15.2 Å². The Morgan fingerprint density at radius 1 is 1.00 bits per heavy atom. The van der Waals surface area contributed by atoms with E-state index in [1.165, 1.54) is 0 Å². The maximum absolute atomic E-state index is 12.3. The van der Waals surface area contributed by atoms with Crippen LogP contribution >= 0.6 is 0 Å². The monoisotopic (exact) mass is 345 g/mol. The zero-order valence-electron chi connectivity index (χ0n) is 14.2. The topological polar surface area (TPSA) is 63.1 Å². The van der Waals surface area contributed by atoms with Crippen LogP contribution in [0.5, 0.6) is 0 Å². The Kier molecular flexibility index (Phi) is 4.27. The lowest BCUT2D eigenvalue weighted by molar-refractivity contribution is -0.117. The van der Waals surface area contributed by atoms with Gasteiger partial charge in [0.15, 0.2) is 0 Å². The molecule has 1 unspecified atom stereocenters. The number of para-hydroxylation sites is 1. The van der Waals surface area contributed by atoms with Crippen LogP contribution < -0.4 is 10.6 Å². The minimum Gasteiger partial charge on any atom is -0.352 e. The number of nitrogens with zero attached hydrogens (tertiary/aromatic N) is 1. The molecule has 1 aliphatic heterocycles. The zero-order chi connectivity index (χ0) is 17.9. The van der Waals surface area contributed by atoms with E-state index in [2.05, 4.69) is 10.6 Å². The van der Waals surface area contributed by atoms with Crippen LogP contribution in [0.15, 0.2) is 73.1 Å². The molecule has 5 heteroatoms. The van der Waals surface area contributed by atoms with Crippen molar-refractivity contribution < 1.29 is 9.59 Å². The highest BCUT2D eigenvalue weighted by Crippen LogP contribution is 2.33. The average molecular weight is 345 g/mol. The number of amides is 2. The molecule has 2 aromatic carbocycles. The molecule has 0 radical (unpaired) electrons. The Balaban J connectivity index is 1.35. The van der Waals surface area contributed by atoms with Crippen molar-refractivity contribution in [1.82, 2.24) is 9.88 Å². The number of benzene rings is 2. The molecule has 5 nitrogen and oxygen atoms in total. The fraction of sp³-hybridized carbons (Fsp3) is 0.143. The number of fused-ring (bicyclic) bond motifs is 1. The highest BCUT2D eigenvalue weighted by Gasteiger charge is 2.29. The van der Waals surface area contributed by atoms with Crippen LogP contribution in [0.25, 0.3) is 5.69 Å². The third kappa shape index (κ3) is 3.11. The SMILES string of the molecule is O=C(NCCC1C(=O)Nc2ccccc21)c1ccc(-n2cccc2)cc1. The van der Waals surface area contributed by atoms with Gasteiger partial charge in [0.2, 0.25) is 5.91 Å². The molecule has 1 aliphatic rings. The van der Waals surface area contributed by atoms with Crippen molar-refractivity contribution in [1.29, 1.82) is 0 Å². The number of rotatable bonds is 5. The second-order valence-corrected chi connectivity index (χ2v) is 6.31. The van der Waals surface area contributed by atoms with Gasteiger partial charge in [-0.2, -0.15) is 0 Å². The summed E-state index contributed by atoms with van der Waals surface area (Å²) in [5.41, 5.74) is 3.49. The third-order valence-corrected chi connectivity index (χ3v) is 4.66. The predicted octanol–water partition coefficient (Wildman–Crippen LogP) is 3.33. The Labute approximate surface area is 151 Å². The van der Waals surface area contributed by atoms with Crippen LogP contribution in [0.4, 0.5) is 5.69 Å². The number of anilines is 1. The lowest BCUT2D eigenvalue weighted by Gasteiger charge is -2.10. The summed E-state index contributed by atoms with van der Waals surface area (Å²) in [5, 5.41) is 5.79. The van der Waals surface area contributed by atoms with Gasteiger partial charge in [-0.3, -0.25) is 9.59 Å². The minimum absolute atomic E-state index is 0.00322. The summed E-state index contributed by atoms with van der Waals surface area (Å²) < 4.78 is 1.98. The Morgan fingerprint density at radius 2 is 1.73 bits per heavy atom. The van der Waals surface area contributed by atoms with Gasteiger partial charge in [-0.15, -0.1) is 0 Å². The first-order valence-corrected chi connectivity index (χ1v) is 8.64. The highest BCUT2D eigenvalue weighted by atomic mass is 16.2. The molecule has 0 spiro atoms. The standard InChI is InChI=1S/C21H19N3O2/c25-20(15-7-9-16(10-8-15)24-13-3-4-14-24)22-12-11-18-17-5-1-2-6-19(17)23-21(18)26/h1-10,13-14,18H,11-12H2,(H,22,25)(H,23,26). The van der Waals surface area contributed by atoms with Crippen LogP contribution in [-0.4, -0.2) is 22.9 Å². The van der Waals surface area contributed by atoms with E-state index in [4.69, 9.17) is 0 Å². The van der Waals surface area contributed by atoms with E-state index in [0.717, 1.165) is 16.9 Å². The van der Waals surface area contributed by atoms with Crippen LogP contribution in [0.3, 0.4) is 0 Å². The van der Waals surface area contributed by atoms with Crippen molar-refractivity contribution in [3.05, 3.63) is 84.2 Å². The molecule has 1 aromatic heterocycles. The molecule has 26 heavy (non-hydrogen) atoms. The normalized spacial score (nSPS) is 15.4. The minimum atomic E-state index is -0.206. The van der Waals surface area contributed by atoms with E-state index in [0.29, 0.717) is 18.5 Å². The largest absolute Gasteiger partial charge is 0.352 e. The van der Waals surface area contributed by atoms with Crippen molar-refractivity contribution in [3.8, 4) is 5.69 Å². The quantitative estimate of drug-likeness (QED) is 0.745. The van der Waals surface area contributed by atoms with E-state index in [-0.39, 0.29) is 17.7 Å². The van der Waals surface area contributed by atoms with Gasteiger partial charge in [-0.05, 0) is 54.4 Å². The molecule has 2 amide bonds. The van der Waals surface area contributed by atoms with Gasteiger partial charge in [0, 0.05) is 35.9 Å². The molecule has 2 N–H and O–H groups in total. The smallest absolute Gasteiger partial charge is 0.251 e. The van der Waals surface area contributed by atoms with E-state index in [1.807, 2.05) is 77.6 Å². The fourth-order valence-electron chi connectivity index (χ4n) is 3.29. The van der Waals surface area contributed by atoms with Gasteiger partial charge in [-0.25, -0.2) is 0 Å². The van der Waals surface area contributed by atoms with Crippen LogP contribution in [-0.2, 0) is 4.79 Å². The first kappa shape index (κ1) is 16.1. The number of aromatic nitrogens is 1. The summed E-state index contributed by atoms with van der Waals surface area (Å²) in [6.45, 7) is 0.449. The number of nitrogens with one attached hydrogen (secondary N) is 2. The van der Waals surface area contributed by atoms with Gasteiger partial charge in [0.25, 0.3) is 5.91 Å². The number of hydrogen-bond acceptors (Lipinski definition) is 2. The second kappa shape index (κ2) is 6.88. The summed E-state index contributed by atoms with van der Waals surface area (Å²) in [6, 6.07) is 19.0. The van der Waals surface area contributed by atoms with Crippen molar-refractivity contribution in [2.75, 3.05) is 11.9 Å². The van der Waals surface area contributed by atoms with E-state index >= 15 is 0 Å². The first-order chi connectivity index (χ1) is 12.7. The van der Waals surface area contributed by atoms with Gasteiger partial charge >= 0.3 is 0 Å². The first-order valence-electron chi connectivity index (χ1n) is 8.64. The van der Waals surface area contributed by atoms with E-state index in [9.17, 15) is 9.59 Å². The second-order valence-electron chi connectivity index (χ2n) is 6.31. The summed E-state index contributed by atoms with van der Waals surface area (Å²) in [7, 11) is 0. The summed E-state index contributed by atoms with van der Waals surface area (Å²) in [5.74, 6) is -0.338. The van der Waals surface area contributed by atoms with Gasteiger partial charge in [0.1, 0.15) is 0 Å². The van der Waals surface area contributed by atoms with E-state index in [1.54, 1.807) is 0 Å². The Hall–Kier alpha value is -3.34. The summed E-state index contributed by atoms with van der Waals surface area (Å²) in [6.07, 6.45) is 4.50. The van der Waals surface area contributed by atoms with Crippen LogP contribution in [0.2, 0.25) is 0 Å². The van der Waals surface area contributed by atoms with Crippen LogP contribution in [0.1, 0.15) is 28.3 Å². The number of carbonyl (C=O) groups is 2. The van der Waals surface area contributed by atoms with Crippen molar-refractivity contribution in [2.24, 2.45) is 0 Å². The molecule has 0 aliphatic carbocycles. The number of hydrogen-bond donors (Lipinski definition) is 2. The molecule has 1 atom stereocenters. The van der Waals surface area contributed by atoms with E-state index < -0.39 is 0 Å². The zero-order valence-corrected chi connectivity index (χ0v) is 14.2. The molecule has 3 aromatic rings. The van der Waals surface area contributed by atoms with Crippen molar-refractivity contribution >= 4 is 17.5 Å². The van der Waals surface area contributed by atoms with Crippen LogP contribution in [0, 0.1) is 0 Å². The molecular weight excluding hydrogens is 326 g/mol. The fourth-order valence-corrected chi connectivity index (χ4v) is 3.29. The lowest BCUT2D eigenvalue weighted by Crippen LogP contribution is -2.26. The van der Waals surface area contributed by atoms with Crippen molar-refractivity contribution in [3.63, 3.8) is 0 Å². The molecule has 4 rings (SSSR count). The summed E-state index contributed by atoms with van der Waals surface area (Å²) >= 11 is 0. The molecule has 0 fully saturated rings. The molecule has 0 saturated heterocycles. The molecule has 2 heterocycles. The molecule has 0 saturated carbocycles. The Morgan fingerprint density at radius 3 is 2.50 bits per heavy atom. The lowest BCUT2D eigenvalue weighted by atomic mass is 9.97. The molecule has 130 valence electrons. The third-order valence-electron chi connectivity index (χ3n) is 4.66. The number of carbonyl (C=O) groups excluding carboxylic acids is 2. The van der Waals surface area contributed by atoms with Gasteiger partial charge in [-0.1, -0.05) is 18.2 Å². The average Bonchev–Trinajstić information content (AvgIpc) is 3.30. The molecule has 0 bridgehead atoms. The van der Waals surface area contributed by atoms with Crippen molar-refractivity contribution in [2.45, 2.75) is 12.3 Å². The highest BCUT2D eigenvalue weighted by molar-refractivity contribution is 6.02. The van der Waals surface area contributed by atoms with Gasteiger partial charge in [0.05, 0.1) is 5.92 Å². The summed E-state index contributed by atoms with van der Waals surface area (Å²) in [4.78, 5) is 24.4. The molecular formula is C21H19N3O2. The Bertz CT molecular complexity index is 930. The predicted molar refractivity (Wildman–Crippen MR) is 101 cm³/mol. The maximum atomic E-state index is 12.3. The maximum Gasteiger partial charge on any atom is 0.251 e.